The van der Waals surface area contributed by atoms with Gasteiger partial charge in [-0.05, 0) is 48.6 Å². The molecular weight excluding hydrogens is 225 g/mol. The smallest absolute Gasteiger partial charge is 0.126 e. The highest BCUT2D eigenvalue weighted by atomic mass is 19.1. The first-order valence-electron chi connectivity index (χ1n) is 6.14. The summed E-state index contributed by atoms with van der Waals surface area (Å²) in [5.41, 5.74) is 10.3. The van der Waals surface area contributed by atoms with Crippen LogP contribution in [0.5, 0.6) is 0 Å². The maximum atomic E-state index is 13.2. The van der Waals surface area contributed by atoms with Gasteiger partial charge < -0.3 is 5.73 Å². The fraction of sp³-hybridized carbons (Fsp3) is 0.250. The van der Waals surface area contributed by atoms with E-state index < -0.39 is 0 Å². The molecule has 0 heterocycles. The summed E-state index contributed by atoms with van der Waals surface area (Å²) < 4.78 is 13.2. The average molecular weight is 243 g/mol. The Hall–Kier alpha value is -1.67. The lowest BCUT2D eigenvalue weighted by molar-refractivity contribution is 0.614. The molecule has 0 aliphatic heterocycles. The fourth-order valence-electron chi connectivity index (χ4n) is 2.09. The Morgan fingerprint density at radius 3 is 2.44 bits per heavy atom. The molecule has 0 saturated heterocycles. The number of aryl methyl sites for hydroxylation is 2. The number of nitrogens with two attached hydrogens (primary N) is 1. The third-order valence-corrected chi connectivity index (χ3v) is 3.31. The van der Waals surface area contributed by atoms with E-state index in [1.807, 2.05) is 18.2 Å². The van der Waals surface area contributed by atoms with Crippen molar-refractivity contribution in [3.63, 3.8) is 0 Å². The summed E-state index contributed by atoms with van der Waals surface area (Å²) in [7, 11) is 0. The standard InChI is InChI=1S/C16H18FN/c1-11-5-3-4-6-13(11)10-16(18)14-7-8-15(17)12(2)9-14/h3-9,16H,10,18H2,1-2H3. The number of rotatable bonds is 3. The van der Waals surface area contributed by atoms with Gasteiger partial charge in [-0.1, -0.05) is 36.4 Å². The highest BCUT2D eigenvalue weighted by Crippen LogP contribution is 2.20. The number of hydrogen-bond donors (Lipinski definition) is 1. The first kappa shape index (κ1) is 12.8. The topological polar surface area (TPSA) is 26.0 Å². The van der Waals surface area contributed by atoms with Crippen molar-refractivity contribution < 1.29 is 4.39 Å². The van der Waals surface area contributed by atoms with E-state index in [-0.39, 0.29) is 11.9 Å². The molecule has 1 atom stereocenters. The minimum Gasteiger partial charge on any atom is -0.324 e. The average Bonchev–Trinajstić information content (AvgIpc) is 2.35. The largest absolute Gasteiger partial charge is 0.324 e. The van der Waals surface area contributed by atoms with Gasteiger partial charge in [0.15, 0.2) is 0 Å². The minimum atomic E-state index is -0.179. The molecule has 94 valence electrons. The SMILES string of the molecule is Cc1cc(C(N)Cc2ccccc2C)ccc1F. The minimum absolute atomic E-state index is 0.0922. The molecule has 0 saturated carbocycles. The van der Waals surface area contributed by atoms with Crippen molar-refractivity contribution in [2.75, 3.05) is 0 Å². The third kappa shape index (κ3) is 2.77. The molecule has 2 rings (SSSR count). The quantitative estimate of drug-likeness (QED) is 0.874. The molecule has 1 unspecified atom stereocenters. The van der Waals surface area contributed by atoms with E-state index in [4.69, 9.17) is 5.73 Å². The summed E-state index contributed by atoms with van der Waals surface area (Å²) in [6.45, 7) is 3.84. The lowest BCUT2D eigenvalue weighted by atomic mass is 9.96. The van der Waals surface area contributed by atoms with Gasteiger partial charge in [-0.2, -0.15) is 0 Å². The molecule has 0 bridgehead atoms. The third-order valence-electron chi connectivity index (χ3n) is 3.31. The Kier molecular flexibility index (Phi) is 3.78. The van der Waals surface area contributed by atoms with Crippen LogP contribution in [0.15, 0.2) is 42.5 Å². The van der Waals surface area contributed by atoms with Crippen molar-refractivity contribution in [1.29, 1.82) is 0 Å². The van der Waals surface area contributed by atoms with Crippen molar-refractivity contribution >= 4 is 0 Å². The van der Waals surface area contributed by atoms with Crippen LogP contribution in [0.2, 0.25) is 0 Å². The van der Waals surface area contributed by atoms with Gasteiger partial charge in [-0.25, -0.2) is 4.39 Å². The monoisotopic (exact) mass is 243 g/mol. The van der Waals surface area contributed by atoms with Crippen LogP contribution in [0.25, 0.3) is 0 Å². The molecule has 0 fully saturated rings. The van der Waals surface area contributed by atoms with E-state index in [2.05, 4.69) is 19.1 Å². The maximum Gasteiger partial charge on any atom is 0.126 e. The van der Waals surface area contributed by atoms with Crippen LogP contribution in [0.4, 0.5) is 4.39 Å². The van der Waals surface area contributed by atoms with Crippen LogP contribution in [-0.2, 0) is 6.42 Å². The molecule has 2 aromatic rings. The van der Waals surface area contributed by atoms with Gasteiger partial charge in [0.25, 0.3) is 0 Å². The van der Waals surface area contributed by atoms with Crippen LogP contribution in [0.1, 0.15) is 28.3 Å². The van der Waals surface area contributed by atoms with Crippen molar-refractivity contribution in [3.8, 4) is 0 Å². The van der Waals surface area contributed by atoms with Gasteiger partial charge in [-0.3, -0.25) is 0 Å². The van der Waals surface area contributed by atoms with Crippen molar-refractivity contribution in [3.05, 3.63) is 70.5 Å². The highest BCUT2D eigenvalue weighted by Gasteiger charge is 2.10. The molecule has 0 aliphatic carbocycles. The van der Waals surface area contributed by atoms with Crippen LogP contribution >= 0.6 is 0 Å². The maximum absolute atomic E-state index is 13.2. The summed E-state index contributed by atoms with van der Waals surface area (Å²) in [5.74, 6) is -0.179. The van der Waals surface area contributed by atoms with Gasteiger partial charge in [-0.15, -0.1) is 0 Å². The first-order valence-corrected chi connectivity index (χ1v) is 6.14. The van der Waals surface area contributed by atoms with Crippen LogP contribution in [0.3, 0.4) is 0 Å². The van der Waals surface area contributed by atoms with E-state index in [1.165, 1.54) is 17.2 Å². The summed E-state index contributed by atoms with van der Waals surface area (Å²) in [6.07, 6.45) is 0.776. The Balaban J connectivity index is 2.19. The van der Waals surface area contributed by atoms with Crippen LogP contribution < -0.4 is 5.73 Å². The van der Waals surface area contributed by atoms with Crippen molar-refractivity contribution in [2.45, 2.75) is 26.3 Å². The predicted molar refractivity (Wildman–Crippen MR) is 72.9 cm³/mol. The zero-order chi connectivity index (χ0) is 13.1. The van der Waals surface area contributed by atoms with E-state index in [0.29, 0.717) is 5.56 Å². The lowest BCUT2D eigenvalue weighted by Gasteiger charge is -2.14. The molecule has 0 radical (unpaired) electrons. The number of halogens is 1. The van der Waals surface area contributed by atoms with Gasteiger partial charge in [0.05, 0.1) is 0 Å². The van der Waals surface area contributed by atoms with Crippen molar-refractivity contribution in [1.82, 2.24) is 0 Å². The van der Waals surface area contributed by atoms with E-state index >= 15 is 0 Å². The second kappa shape index (κ2) is 5.32. The van der Waals surface area contributed by atoms with Crippen LogP contribution in [0, 0.1) is 19.7 Å². The zero-order valence-electron chi connectivity index (χ0n) is 10.8. The second-order valence-electron chi connectivity index (χ2n) is 4.75. The van der Waals surface area contributed by atoms with Gasteiger partial charge in [0.1, 0.15) is 5.82 Å². The summed E-state index contributed by atoms with van der Waals surface area (Å²) in [5, 5.41) is 0. The molecule has 2 heteroatoms. The molecule has 0 aliphatic rings. The molecule has 0 spiro atoms. The first-order chi connectivity index (χ1) is 8.58. The van der Waals surface area contributed by atoms with Crippen molar-refractivity contribution in [2.24, 2.45) is 5.73 Å². The Labute approximate surface area is 107 Å². The molecule has 0 aromatic heterocycles. The molecule has 18 heavy (non-hydrogen) atoms. The van der Waals surface area contributed by atoms with E-state index in [9.17, 15) is 4.39 Å². The highest BCUT2D eigenvalue weighted by molar-refractivity contribution is 5.31. The lowest BCUT2D eigenvalue weighted by Crippen LogP contribution is -2.14. The Morgan fingerprint density at radius 1 is 1.06 bits per heavy atom. The van der Waals surface area contributed by atoms with E-state index in [1.54, 1.807) is 13.0 Å². The second-order valence-corrected chi connectivity index (χ2v) is 4.75. The predicted octanol–water partition coefficient (Wildman–Crippen LogP) is 3.69. The molecule has 0 amide bonds. The van der Waals surface area contributed by atoms with E-state index in [0.717, 1.165) is 12.0 Å². The molecule has 2 aromatic carbocycles. The normalized spacial score (nSPS) is 12.4. The zero-order valence-corrected chi connectivity index (χ0v) is 10.8. The number of hydrogen-bond acceptors (Lipinski definition) is 1. The summed E-state index contributed by atoms with van der Waals surface area (Å²) >= 11 is 0. The van der Waals surface area contributed by atoms with Gasteiger partial charge >= 0.3 is 0 Å². The summed E-state index contributed by atoms with van der Waals surface area (Å²) in [4.78, 5) is 0. The summed E-state index contributed by atoms with van der Waals surface area (Å²) in [6, 6.07) is 13.2. The Morgan fingerprint density at radius 2 is 1.78 bits per heavy atom. The molecule has 1 nitrogen and oxygen atoms in total. The molecule has 2 N–H and O–H groups in total. The fourth-order valence-corrected chi connectivity index (χ4v) is 2.09. The molecular formula is C16H18FN. The van der Waals surface area contributed by atoms with Gasteiger partial charge in [0.2, 0.25) is 0 Å². The van der Waals surface area contributed by atoms with Crippen LogP contribution in [-0.4, -0.2) is 0 Å². The van der Waals surface area contributed by atoms with Gasteiger partial charge in [0, 0.05) is 6.04 Å². The number of benzene rings is 2. The Bertz CT molecular complexity index is 549.